The summed E-state index contributed by atoms with van der Waals surface area (Å²) in [6.07, 6.45) is -0.910. The molecule has 0 spiro atoms. The lowest BCUT2D eigenvalue weighted by Gasteiger charge is -2.29. The number of carbonyl (C=O) groups excluding carboxylic acids is 1. The number of likely N-dealkylation sites (N-methyl/N-ethyl adjacent to an activating group) is 1. The van der Waals surface area contributed by atoms with Gasteiger partial charge in [-0.1, -0.05) is 0 Å². The molecule has 1 fully saturated rings. The quantitative estimate of drug-likeness (QED) is 0.794. The monoisotopic (exact) mass is 333 g/mol. The summed E-state index contributed by atoms with van der Waals surface area (Å²) in [5, 5.41) is 0. The highest BCUT2D eigenvalue weighted by Gasteiger charge is 2.26. The van der Waals surface area contributed by atoms with E-state index in [9.17, 15) is 13.6 Å². The maximum atomic E-state index is 13.8. The molecule has 1 aliphatic heterocycles. The van der Waals surface area contributed by atoms with Crippen molar-refractivity contribution in [3.8, 4) is 0 Å². The number of hydrogen-bond donors (Lipinski definition) is 0. The molecule has 0 saturated carbocycles. The number of nitrogens with zero attached hydrogens (tertiary/aromatic N) is 1. The Kier molecular flexibility index (Phi) is 4.65. The van der Waals surface area contributed by atoms with Gasteiger partial charge >= 0.3 is 0 Å². The van der Waals surface area contributed by atoms with Crippen LogP contribution in [-0.4, -0.2) is 43.5 Å². The van der Waals surface area contributed by atoms with Crippen LogP contribution in [0.4, 0.5) is 8.78 Å². The van der Waals surface area contributed by atoms with Crippen molar-refractivity contribution in [2.75, 3.05) is 26.7 Å². The van der Waals surface area contributed by atoms with Gasteiger partial charge in [0.05, 0.1) is 11.1 Å². The van der Waals surface area contributed by atoms with E-state index in [0.29, 0.717) is 13.2 Å². The van der Waals surface area contributed by atoms with Crippen molar-refractivity contribution < 1.29 is 18.3 Å². The van der Waals surface area contributed by atoms with Crippen molar-refractivity contribution >= 4 is 21.7 Å². The van der Waals surface area contributed by atoms with Crippen LogP contribution >= 0.6 is 15.9 Å². The van der Waals surface area contributed by atoms with Crippen molar-refractivity contribution in [3.05, 3.63) is 33.8 Å². The zero-order valence-electron chi connectivity index (χ0n) is 10.5. The van der Waals surface area contributed by atoms with E-state index in [0.717, 1.165) is 12.6 Å². The summed E-state index contributed by atoms with van der Waals surface area (Å²) in [5.41, 5.74) is -0.212. The van der Waals surface area contributed by atoms with Gasteiger partial charge in [-0.3, -0.25) is 4.79 Å². The smallest absolute Gasteiger partial charge is 0.167 e. The maximum absolute atomic E-state index is 13.8. The summed E-state index contributed by atoms with van der Waals surface area (Å²) in [6.45, 7) is 1.66. The molecular formula is C13H14BrF2NO2. The predicted octanol–water partition coefficient (Wildman–Crippen LogP) is 2.17. The second kappa shape index (κ2) is 6.07. The van der Waals surface area contributed by atoms with Crippen molar-refractivity contribution in [3.63, 3.8) is 0 Å². The van der Waals surface area contributed by atoms with Crippen molar-refractivity contribution in [2.24, 2.45) is 0 Å². The highest BCUT2D eigenvalue weighted by molar-refractivity contribution is 9.10. The Labute approximate surface area is 118 Å². The first-order valence-electron chi connectivity index (χ1n) is 5.94. The molecule has 0 N–H and O–H groups in total. The van der Waals surface area contributed by atoms with Crippen LogP contribution in [0.3, 0.4) is 0 Å². The number of rotatable bonds is 3. The molecule has 1 aromatic rings. The first kappa shape index (κ1) is 14.6. The number of ketones is 1. The van der Waals surface area contributed by atoms with Crippen LogP contribution in [0.5, 0.6) is 0 Å². The standard InChI is InChI=1S/C13H14BrF2NO2/c1-17-4-5-19-12(7-17)11(18)6-8-10(15)3-2-9(14)13(8)16/h2-3,12H,4-7H2,1H3. The SMILES string of the molecule is CN1CCOC(C(=O)Cc2c(F)ccc(Br)c2F)C1. The van der Waals surface area contributed by atoms with Gasteiger partial charge in [-0.05, 0) is 35.1 Å². The number of halogens is 3. The Hall–Kier alpha value is -0.850. The minimum Gasteiger partial charge on any atom is -0.368 e. The molecule has 0 bridgehead atoms. The van der Waals surface area contributed by atoms with Crippen LogP contribution in [0.2, 0.25) is 0 Å². The molecule has 104 valence electrons. The normalized spacial score (nSPS) is 20.5. The van der Waals surface area contributed by atoms with Crippen molar-refractivity contribution in [2.45, 2.75) is 12.5 Å². The second-order valence-electron chi connectivity index (χ2n) is 4.59. The van der Waals surface area contributed by atoms with Gasteiger partial charge in [-0.15, -0.1) is 0 Å². The van der Waals surface area contributed by atoms with Gasteiger partial charge in [-0.25, -0.2) is 8.78 Å². The Bertz CT molecular complexity index is 496. The molecule has 0 aromatic heterocycles. The van der Waals surface area contributed by atoms with Crippen LogP contribution in [0, 0.1) is 11.6 Å². The third kappa shape index (κ3) is 3.38. The Morgan fingerprint density at radius 3 is 2.95 bits per heavy atom. The molecule has 3 nitrogen and oxygen atoms in total. The van der Waals surface area contributed by atoms with E-state index in [1.54, 1.807) is 0 Å². The van der Waals surface area contributed by atoms with Gasteiger partial charge < -0.3 is 9.64 Å². The molecule has 1 atom stereocenters. The van der Waals surface area contributed by atoms with E-state index in [2.05, 4.69) is 15.9 Å². The van der Waals surface area contributed by atoms with Gasteiger partial charge in [0.2, 0.25) is 0 Å². The summed E-state index contributed by atoms with van der Waals surface area (Å²) in [7, 11) is 1.88. The summed E-state index contributed by atoms with van der Waals surface area (Å²) in [4.78, 5) is 14.0. The van der Waals surface area contributed by atoms with E-state index >= 15 is 0 Å². The molecule has 6 heteroatoms. The molecule has 19 heavy (non-hydrogen) atoms. The molecule has 0 amide bonds. The third-order valence-electron chi connectivity index (χ3n) is 3.12. The molecule has 0 aliphatic carbocycles. The first-order chi connectivity index (χ1) is 8.99. The van der Waals surface area contributed by atoms with E-state index in [1.807, 2.05) is 11.9 Å². The summed E-state index contributed by atoms with van der Waals surface area (Å²) >= 11 is 2.98. The lowest BCUT2D eigenvalue weighted by Crippen LogP contribution is -2.44. The fraction of sp³-hybridized carbons (Fsp3) is 0.462. The highest BCUT2D eigenvalue weighted by atomic mass is 79.9. The van der Waals surface area contributed by atoms with Crippen molar-refractivity contribution in [1.29, 1.82) is 0 Å². The largest absolute Gasteiger partial charge is 0.368 e. The molecule has 1 saturated heterocycles. The topological polar surface area (TPSA) is 29.5 Å². The lowest BCUT2D eigenvalue weighted by atomic mass is 10.0. The Balaban J connectivity index is 2.13. The van der Waals surface area contributed by atoms with Crippen LogP contribution < -0.4 is 0 Å². The minimum atomic E-state index is -0.725. The Morgan fingerprint density at radius 2 is 2.26 bits per heavy atom. The maximum Gasteiger partial charge on any atom is 0.167 e. The van der Waals surface area contributed by atoms with Crippen LogP contribution in [0.1, 0.15) is 5.56 Å². The summed E-state index contributed by atoms with van der Waals surface area (Å²) < 4.78 is 32.8. The fourth-order valence-electron chi connectivity index (χ4n) is 1.99. The van der Waals surface area contributed by atoms with E-state index in [1.165, 1.54) is 6.07 Å². The molecular weight excluding hydrogens is 320 g/mol. The summed E-state index contributed by atoms with van der Waals surface area (Å²) in [5.74, 6) is -1.74. The number of carbonyl (C=O) groups is 1. The van der Waals surface area contributed by atoms with Gasteiger partial charge in [0.15, 0.2) is 5.78 Å². The molecule has 1 heterocycles. The molecule has 2 rings (SSSR count). The van der Waals surface area contributed by atoms with Gasteiger partial charge in [0, 0.05) is 25.1 Å². The predicted molar refractivity (Wildman–Crippen MR) is 70.0 cm³/mol. The number of benzene rings is 1. The second-order valence-corrected chi connectivity index (χ2v) is 5.44. The molecule has 1 aromatic carbocycles. The third-order valence-corrected chi connectivity index (χ3v) is 3.73. The molecule has 1 aliphatic rings. The summed E-state index contributed by atoms with van der Waals surface area (Å²) in [6, 6.07) is 2.42. The Morgan fingerprint density at radius 1 is 1.53 bits per heavy atom. The lowest BCUT2D eigenvalue weighted by molar-refractivity contribution is -0.134. The highest BCUT2D eigenvalue weighted by Crippen LogP contribution is 2.23. The van der Waals surface area contributed by atoms with E-state index in [4.69, 9.17) is 4.74 Å². The van der Waals surface area contributed by atoms with Gasteiger partial charge in [0.1, 0.15) is 17.7 Å². The van der Waals surface area contributed by atoms with Gasteiger partial charge in [-0.2, -0.15) is 0 Å². The molecule has 0 radical (unpaired) electrons. The average Bonchev–Trinajstić information content (AvgIpc) is 2.39. The number of ether oxygens (including phenoxy) is 1. The zero-order valence-corrected chi connectivity index (χ0v) is 12.0. The van der Waals surface area contributed by atoms with E-state index < -0.39 is 17.7 Å². The van der Waals surface area contributed by atoms with Crippen molar-refractivity contribution in [1.82, 2.24) is 4.90 Å². The number of hydrogen-bond acceptors (Lipinski definition) is 3. The van der Waals surface area contributed by atoms with Gasteiger partial charge in [0.25, 0.3) is 0 Å². The van der Waals surface area contributed by atoms with Crippen LogP contribution in [-0.2, 0) is 16.0 Å². The van der Waals surface area contributed by atoms with Crippen LogP contribution in [0.25, 0.3) is 0 Å². The number of morpholine rings is 1. The number of Topliss-reactive ketones (excluding diaryl/α,β-unsaturated/α-hetero) is 1. The first-order valence-corrected chi connectivity index (χ1v) is 6.73. The van der Waals surface area contributed by atoms with Crippen LogP contribution in [0.15, 0.2) is 16.6 Å². The average molecular weight is 334 g/mol. The minimum absolute atomic E-state index is 0.151. The fourth-order valence-corrected chi connectivity index (χ4v) is 2.36. The molecule has 1 unspecified atom stereocenters. The van der Waals surface area contributed by atoms with E-state index in [-0.39, 0.29) is 22.2 Å². The zero-order chi connectivity index (χ0) is 14.0.